The highest BCUT2D eigenvalue weighted by Gasteiger charge is 2.39. The molecule has 3 aromatic carbocycles. The summed E-state index contributed by atoms with van der Waals surface area (Å²) >= 11 is 0. The maximum atomic E-state index is 13.2. The number of aromatic amines is 1. The molecule has 0 bridgehead atoms. The predicted molar refractivity (Wildman–Crippen MR) is 129 cm³/mol. The first-order valence-corrected chi connectivity index (χ1v) is 12.6. The lowest BCUT2D eigenvalue weighted by atomic mass is 10.0. The van der Waals surface area contributed by atoms with Gasteiger partial charge in [-0.15, -0.1) is 0 Å². The van der Waals surface area contributed by atoms with Crippen molar-refractivity contribution in [1.82, 2.24) is 14.6 Å². The number of rotatable bonds is 6. The van der Waals surface area contributed by atoms with E-state index in [-0.39, 0.29) is 17.3 Å². The molecule has 0 spiro atoms. The lowest BCUT2D eigenvalue weighted by Crippen LogP contribution is -2.45. The van der Waals surface area contributed by atoms with E-state index in [9.17, 15) is 17.6 Å². The SMILES string of the molecule is O=C(NCc1cccc(-c2ccc3cc[nH]c3c2)c1)[C@@H]1CCCN1S(=O)(=O)c1ccc(F)cc1. The Morgan fingerprint density at radius 1 is 1.03 bits per heavy atom. The van der Waals surface area contributed by atoms with Gasteiger partial charge in [-0.05, 0) is 77.4 Å². The van der Waals surface area contributed by atoms with Crippen molar-refractivity contribution >= 4 is 26.8 Å². The Morgan fingerprint density at radius 2 is 1.82 bits per heavy atom. The first kappa shape index (κ1) is 22.3. The van der Waals surface area contributed by atoms with Crippen molar-refractivity contribution in [2.45, 2.75) is 30.3 Å². The summed E-state index contributed by atoms with van der Waals surface area (Å²) in [5.41, 5.74) is 4.07. The fourth-order valence-electron chi connectivity index (χ4n) is 4.43. The predicted octanol–water partition coefficient (Wildman–Crippen LogP) is 4.44. The molecule has 174 valence electrons. The Kier molecular flexibility index (Phi) is 5.93. The minimum Gasteiger partial charge on any atom is -0.361 e. The maximum absolute atomic E-state index is 13.2. The summed E-state index contributed by atoms with van der Waals surface area (Å²) in [7, 11) is -3.89. The molecule has 8 heteroatoms. The van der Waals surface area contributed by atoms with E-state index in [1.165, 1.54) is 16.4 Å². The molecular formula is C26H24FN3O3S. The number of sulfonamides is 1. The van der Waals surface area contributed by atoms with Gasteiger partial charge in [0.2, 0.25) is 15.9 Å². The van der Waals surface area contributed by atoms with Crippen LogP contribution in [0.2, 0.25) is 0 Å². The quantitative estimate of drug-likeness (QED) is 0.431. The molecule has 34 heavy (non-hydrogen) atoms. The highest BCUT2D eigenvalue weighted by molar-refractivity contribution is 7.89. The average molecular weight is 478 g/mol. The lowest BCUT2D eigenvalue weighted by molar-refractivity contribution is -0.124. The van der Waals surface area contributed by atoms with Gasteiger partial charge in [-0.25, -0.2) is 12.8 Å². The number of carbonyl (C=O) groups excluding carboxylic acids is 1. The van der Waals surface area contributed by atoms with Crippen LogP contribution in [0.5, 0.6) is 0 Å². The highest BCUT2D eigenvalue weighted by Crippen LogP contribution is 2.27. The van der Waals surface area contributed by atoms with E-state index >= 15 is 0 Å². The fraction of sp³-hybridized carbons (Fsp3) is 0.192. The molecule has 1 amide bonds. The van der Waals surface area contributed by atoms with Crippen LogP contribution in [-0.4, -0.2) is 36.2 Å². The van der Waals surface area contributed by atoms with Crippen molar-refractivity contribution in [3.63, 3.8) is 0 Å². The molecule has 1 fully saturated rings. The Bertz CT molecular complexity index is 1450. The zero-order valence-corrected chi connectivity index (χ0v) is 19.2. The Labute approximate surface area is 197 Å². The molecule has 0 radical (unpaired) electrons. The fourth-order valence-corrected chi connectivity index (χ4v) is 6.08. The Morgan fingerprint density at radius 3 is 2.65 bits per heavy atom. The minimum atomic E-state index is -3.89. The van der Waals surface area contributed by atoms with Crippen LogP contribution in [0, 0.1) is 5.82 Å². The van der Waals surface area contributed by atoms with Gasteiger partial charge < -0.3 is 10.3 Å². The van der Waals surface area contributed by atoms with Crippen molar-refractivity contribution in [3.05, 3.63) is 90.4 Å². The van der Waals surface area contributed by atoms with Crippen LogP contribution in [0.3, 0.4) is 0 Å². The second-order valence-corrected chi connectivity index (χ2v) is 10.3. The molecular weight excluding hydrogens is 453 g/mol. The van der Waals surface area contributed by atoms with E-state index in [0.717, 1.165) is 39.7 Å². The van der Waals surface area contributed by atoms with Gasteiger partial charge in [-0.1, -0.05) is 30.3 Å². The summed E-state index contributed by atoms with van der Waals surface area (Å²) in [5, 5.41) is 4.04. The topological polar surface area (TPSA) is 82.3 Å². The Hall–Kier alpha value is -3.49. The van der Waals surface area contributed by atoms with Crippen LogP contribution in [0.15, 0.2) is 83.9 Å². The van der Waals surface area contributed by atoms with Gasteiger partial charge in [0.15, 0.2) is 0 Å². The minimum absolute atomic E-state index is 0.0136. The second kappa shape index (κ2) is 9.04. The van der Waals surface area contributed by atoms with Gasteiger partial charge in [0.25, 0.3) is 0 Å². The molecule has 4 aromatic rings. The van der Waals surface area contributed by atoms with E-state index < -0.39 is 21.9 Å². The number of hydrogen-bond donors (Lipinski definition) is 2. The average Bonchev–Trinajstić information content (AvgIpc) is 3.53. The number of nitrogens with zero attached hydrogens (tertiary/aromatic N) is 1. The van der Waals surface area contributed by atoms with Gasteiger partial charge in [0, 0.05) is 24.8 Å². The van der Waals surface area contributed by atoms with Crippen LogP contribution in [0.1, 0.15) is 18.4 Å². The molecule has 0 aliphatic carbocycles. The third-order valence-electron chi connectivity index (χ3n) is 6.21. The molecule has 1 saturated heterocycles. The second-order valence-electron chi connectivity index (χ2n) is 8.43. The number of benzene rings is 3. The van der Waals surface area contributed by atoms with Gasteiger partial charge >= 0.3 is 0 Å². The number of aromatic nitrogens is 1. The molecule has 0 unspecified atom stereocenters. The summed E-state index contributed by atoms with van der Waals surface area (Å²) in [6.45, 7) is 0.548. The monoisotopic (exact) mass is 477 g/mol. The highest BCUT2D eigenvalue weighted by atomic mass is 32.2. The molecule has 5 rings (SSSR count). The number of nitrogens with one attached hydrogen (secondary N) is 2. The number of H-pyrrole nitrogens is 1. The van der Waals surface area contributed by atoms with Crippen LogP contribution in [0.4, 0.5) is 4.39 Å². The first-order chi connectivity index (χ1) is 16.4. The zero-order valence-electron chi connectivity index (χ0n) is 18.4. The van der Waals surface area contributed by atoms with Crippen LogP contribution >= 0.6 is 0 Å². The molecule has 6 nitrogen and oxygen atoms in total. The van der Waals surface area contributed by atoms with E-state index in [4.69, 9.17) is 0 Å². The van der Waals surface area contributed by atoms with Crippen molar-refractivity contribution in [2.24, 2.45) is 0 Å². The largest absolute Gasteiger partial charge is 0.361 e. The summed E-state index contributed by atoms with van der Waals surface area (Å²) in [6.07, 6.45) is 2.95. The van der Waals surface area contributed by atoms with E-state index in [0.29, 0.717) is 19.4 Å². The summed E-state index contributed by atoms with van der Waals surface area (Å²) in [4.78, 5) is 16.2. The molecule has 2 heterocycles. The van der Waals surface area contributed by atoms with Gasteiger partial charge in [-0.2, -0.15) is 4.31 Å². The Balaban J connectivity index is 1.29. The molecule has 1 aliphatic rings. The maximum Gasteiger partial charge on any atom is 0.243 e. The lowest BCUT2D eigenvalue weighted by Gasteiger charge is -2.23. The molecule has 1 aromatic heterocycles. The third kappa shape index (κ3) is 4.34. The van der Waals surface area contributed by atoms with E-state index in [2.05, 4.69) is 28.5 Å². The van der Waals surface area contributed by atoms with E-state index in [1.54, 1.807) is 0 Å². The van der Waals surface area contributed by atoms with Gasteiger partial charge in [0.1, 0.15) is 11.9 Å². The van der Waals surface area contributed by atoms with Crippen LogP contribution in [0.25, 0.3) is 22.0 Å². The van der Waals surface area contributed by atoms with E-state index in [1.807, 2.05) is 36.5 Å². The molecule has 0 saturated carbocycles. The van der Waals surface area contributed by atoms with Crippen molar-refractivity contribution in [3.8, 4) is 11.1 Å². The smallest absolute Gasteiger partial charge is 0.243 e. The van der Waals surface area contributed by atoms with Crippen LogP contribution < -0.4 is 5.32 Å². The number of fused-ring (bicyclic) bond motifs is 1. The summed E-state index contributed by atoms with van der Waals surface area (Å²) in [6, 6.07) is 20.0. The van der Waals surface area contributed by atoms with Crippen molar-refractivity contribution in [1.29, 1.82) is 0 Å². The molecule has 2 N–H and O–H groups in total. The molecule has 1 aliphatic heterocycles. The van der Waals surface area contributed by atoms with Crippen molar-refractivity contribution < 1.29 is 17.6 Å². The normalized spacial score (nSPS) is 16.7. The molecule has 1 atom stereocenters. The summed E-state index contributed by atoms with van der Waals surface area (Å²) in [5.74, 6) is -0.842. The third-order valence-corrected chi connectivity index (χ3v) is 8.13. The zero-order chi connectivity index (χ0) is 23.7. The number of amides is 1. The van der Waals surface area contributed by atoms with Crippen molar-refractivity contribution in [2.75, 3.05) is 6.54 Å². The van der Waals surface area contributed by atoms with Gasteiger partial charge in [-0.3, -0.25) is 4.79 Å². The van der Waals surface area contributed by atoms with Gasteiger partial charge in [0.05, 0.1) is 4.90 Å². The number of carbonyl (C=O) groups is 1. The summed E-state index contributed by atoms with van der Waals surface area (Å²) < 4.78 is 40.5. The first-order valence-electron chi connectivity index (χ1n) is 11.1. The number of hydrogen-bond acceptors (Lipinski definition) is 3. The standard InChI is InChI=1S/C26H24FN3O3S/c27-22-8-10-23(11-9-22)34(32,33)30-14-2-5-25(30)26(31)29-17-18-3-1-4-20(15-18)21-7-6-19-12-13-28-24(19)16-21/h1,3-4,6-13,15-16,25,28H,2,5,14,17H2,(H,29,31)/t25-/m0/s1. The van der Waals surface area contributed by atoms with Crippen LogP contribution in [-0.2, 0) is 21.4 Å². The number of halogens is 1.